The van der Waals surface area contributed by atoms with Gasteiger partial charge in [0.25, 0.3) is 0 Å². The fourth-order valence-electron chi connectivity index (χ4n) is 3.29. The Morgan fingerprint density at radius 1 is 1.17 bits per heavy atom. The number of aryl methyl sites for hydroxylation is 1. The molecule has 8 heteroatoms. The summed E-state index contributed by atoms with van der Waals surface area (Å²) in [6.07, 6.45) is 0. The molecule has 3 rings (SSSR count). The molecule has 1 aliphatic heterocycles. The number of hydrogen-bond donors (Lipinski definition) is 1. The highest BCUT2D eigenvalue weighted by atomic mass is 16.5. The number of anilines is 2. The molecule has 1 saturated heterocycles. The Morgan fingerprint density at radius 2 is 1.90 bits per heavy atom. The fraction of sp³-hybridized carbons (Fsp3) is 0.476. The summed E-state index contributed by atoms with van der Waals surface area (Å²) in [4.78, 5) is 27.4. The molecule has 1 N–H and O–H groups in total. The van der Waals surface area contributed by atoms with Crippen LogP contribution in [0.2, 0.25) is 0 Å². The van der Waals surface area contributed by atoms with Crippen LogP contribution in [-0.4, -0.2) is 68.3 Å². The van der Waals surface area contributed by atoms with E-state index in [4.69, 9.17) is 4.74 Å². The largest absolute Gasteiger partial charge is 0.378 e. The summed E-state index contributed by atoms with van der Waals surface area (Å²) in [6.45, 7) is 6.02. The van der Waals surface area contributed by atoms with E-state index in [2.05, 4.69) is 32.3 Å². The van der Waals surface area contributed by atoms with Gasteiger partial charge in [-0.25, -0.2) is 14.8 Å². The van der Waals surface area contributed by atoms with Crippen molar-refractivity contribution in [3.63, 3.8) is 0 Å². The number of nitrogens with zero attached hydrogens (tertiary/aromatic N) is 5. The third-order valence-electron chi connectivity index (χ3n) is 4.81. The molecule has 1 aromatic carbocycles. The predicted molar refractivity (Wildman–Crippen MR) is 114 cm³/mol. The lowest BCUT2D eigenvalue weighted by atomic mass is 10.1. The molecule has 0 radical (unpaired) electrons. The molecule has 0 unspecified atom stereocenters. The van der Waals surface area contributed by atoms with Crippen molar-refractivity contribution in [2.45, 2.75) is 20.0 Å². The average Bonchev–Trinajstić information content (AvgIpc) is 2.72. The van der Waals surface area contributed by atoms with Gasteiger partial charge in [-0.2, -0.15) is 0 Å². The molecule has 0 aliphatic carbocycles. The maximum Gasteiger partial charge on any atom is 0.317 e. The van der Waals surface area contributed by atoms with Crippen LogP contribution in [0, 0.1) is 6.92 Å². The molecule has 1 fully saturated rings. The van der Waals surface area contributed by atoms with Gasteiger partial charge in [-0.15, -0.1) is 0 Å². The number of rotatable bonds is 6. The van der Waals surface area contributed by atoms with Crippen molar-refractivity contribution in [2.75, 3.05) is 57.2 Å². The van der Waals surface area contributed by atoms with E-state index in [0.29, 0.717) is 19.0 Å². The molecule has 0 spiro atoms. The summed E-state index contributed by atoms with van der Waals surface area (Å²) in [7, 11) is 5.61. The summed E-state index contributed by atoms with van der Waals surface area (Å²) in [5.74, 6) is 0.641. The van der Waals surface area contributed by atoms with Gasteiger partial charge < -0.3 is 24.8 Å². The summed E-state index contributed by atoms with van der Waals surface area (Å²) >= 11 is 0. The van der Waals surface area contributed by atoms with Crippen molar-refractivity contribution in [1.29, 1.82) is 0 Å². The zero-order chi connectivity index (χ0) is 20.8. The number of carbonyl (C=O) groups is 1. The van der Waals surface area contributed by atoms with E-state index in [9.17, 15) is 4.79 Å². The van der Waals surface area contributed by atoms with E-state index in [1.807, 2.05) is 51.2 Å². The Kier molecular flexibility index (Phi) is 6.87. The van der Waals surface area contributed by atoms with Gasteiger partial charge in [0.1, 0.15) is 0 Å². The minimum atomic E-state index is -0.135. The van der Waals surface area contributed by atoms with Gasteiger partial charge in [0.05, 0.1) is 25.5 Å². The van der Waals surface area contributed by atoms with Crippen molar-refractivity contribution in [3.8, 4) is 0 Å². The monoisotopic (exact) mass is 398 g/mol. The number of amides is 2. The number of aromatic nitrogens is 2. The highest BCUT2D eigenvalue weighted by Crippen LogP contribution is 2.22. The molecule has 29 heavy (non-hydrogen) atoms. The summed E-state index contributed by atoms with van der Waals surface area (Å²) < 4.78 is 5.46. The van der Waals surface area contributed by atoms with Crippen LogP contribution in [0.15, 0.2) is 30.3 Å². The Hall–Kier alpha value is -2.87. The number of ether oxygens (including phenoxy) is 1. The average molecular weight is 399 g/mol. The fourth-order valence-corrected chi connectivity index (χ4v) is 3.29. The predicted octanol–water partition coefficient (Wildman–Crippen LogP) is 2.03. The normalized spacial score (nSPS) is 13.9. The van der Waals surface area contributed by atoms with Crippen molar-refractivity contribution < 1.29 is 9.53 Å². The highest BCUT2D eigenvalue weighted by molar-refractivity contribution is 5.74. The zero-order valence-electron chi connectivity index (χ0n) is 17.7. The first-order valence-corrected chi connectivity index (χ1v) is 9.85. The topological polar surface area (TPSA) is 73.8 Å². The molecule has 2 amide bonds. The lowest BCUT2D eigenvalue weighted by Gasteiger charge is -2.31. The van der Waals surface area contributed by atoms with Gasteiger partial charge in [-0.05, 0) is 24.6 Å². The zero-order valence-corrected chi connectivity index (χ0v) is 17.7. The number of morpholine rings is 1. The molecular weight excluding hydrogens is 368 g/mol. The molecule has 156 valence electrons. The van der Waals surface area contributed by atoms with Gasteiger partial charge in [-0.3, -0.25) is 0 Å². The molecule has 0 bridgehead atoms. The van der Waals surface area contributed by atoms with Crippen molar-refractivity contribution in [3.05, 3.63) is 47.3 Å². The summed E-state index contributed by atoms with van der Waals surface area (Å²) in [6, 6.07) is 9.99. The van der Waals surface area contributed by atoms with Crippen LogP contribution in [0.4, 0.5) is 16.4 Å². The van der Waals surface area contributed by atoms with Crippen LogP contribution in [-0.2, 0) is 17.8 Å². The number of benzene rings is 1. The molecule has 0 atom stereocenters. The molecule has 8 nitrogen and oxygen atoms in total. The molecule has 0 saturated carbocycles. The van der Waals surface area contributed by atoms with Crippen molar-refractivity contribution in [1.82, 2.24) is 20.2 Å². The van der Waals surface area contributed by atoms with E-state index in [-0.39, 0.29) is 6.03 Å². The number of urea groups is 1. The third kappa shape index (κ3) is 5.57. The maximum atomic E-state index is 12.6. The molecule has 2 heterocycles. The number of carbonyl (C=O) groups excluding carboxylic acids is 1. The first-order chi connectivity index (χ1) is 13.9. The lowest BCUT2D eigenvalue weighted by molar-refractivity contribution is 0.122. The minimum Gasteiger partial charge on any atom is -0.378 e. The Bertz CT molecular complexity index is 836. The Labute approximate surface area is 172 Å². The number of para-hydroxylation sites is 1. The van der Waals surface area contributed by atoms with Crippen molar-refractivity contribution >= 4 is 17.7 Å². The van der Waals surface area contributed by atoms with E-state index in [1.54, 1.807) is 4.90 Å². The van der Waals surface area contributed by atoms with Crippen LogP contribution in [0.3, 0.4) is 0 Å². The van der Waals surface area contributed by atoms with Gasteiger partial charge in [0.2, 0.25) is 5.95 Å². The van der Waals surface area contributed by atoms with Crippen LogP contribution in [0.5, 0.6) is 0 Å². The quantitative estimate of drug-likeness (QED) is 0.803. The van der Waals surface area contributed by atoms with Gasteiger partial charge >= 0.3 is 6.03 Å². The summed E-state index contributed by atoms with van der Waals surface area (Å²) in [5.41, 5.74) is 3.95. The highest BCUT2D eigenvalue weighted by Gasteiger charge is 2.17. The molecular formula is C21H30N6O2. The number of hydrogen-bond acceptors (Lipinski definition) is 6. The Morgan fingerprint density at radius 3 is 2.62 bits per heavy atom. The van der Waals surface area contributed by atoms with Gasteiger partial charge in [0, 0.05) is 52.2 Å². The summed E-state index contributed by atoms with van der Waals surface area (Å²) in [5, 5.41) is 2.96. The second kappa shape index (κ2) is 9.56. The molecule has 2 aromatic rings. The number of nitrogens with one attached hydrogen (secondary N) is 1. The van der Waals surface area contributed by atoms with E-state index in [1.165, 1.54) is 0 Å². The second-order valence-corrected chi connectivity index (χ2v) is 7.44. The standard InChI is InChI=1S/C21H30N6O2/c1-16-13-18(24-20(23-16)25(2)3)14-22-21(28)26(4)15-17-7-5-6-8-19(17)27-9-11-29-12-10-27/h5-8,13H,9-12,14-15H2,1-4H3,(H,22,28). The van der Waals surface area contributed by atoms with Crippen LogP contribution in [0.25, 0.3) is 0 Å². The van der Waals surface area contributed by atoms with E-state index < -0.39 is 0 Å². The van der Waals surface area contributed by atoms with Gasteiger partial charge in [-0.1, -0.05) is 18.2 Å². The van der Waals surface area contributed by atoms with Crippen LogP contribution in [0.1, 0.15) is 17.0 Å². The van der Waals surface area contributed by atoms with E-state index in [0.717, 1.165) is 48.9 Å². The molecule has 1 aromatic heterocycles. The second-order valence-electron chi connectivity index (χ2n) is 7.44. The van der Waals surface area contributed by atoms with Gasteiger partial charge in [0.15, 0.2) is 0 Å². The first-order valence-electron chi connectivity index (χ1n) is 9.85. The van der Waals surface area contributed by atoms with E-state index >= 15 is 0 Å². The van der Waals surface area contributed by atoms with Crippen LogP contribution < -0.4 is 15.1 Å². The smallest absolute Gasteiger partial charge is 0.317 e. The molecule has 1 aliphatic rings. The Balaban J connectivity index is 1.62. The lowest BCUT2D eigenvalue weighted by Crippen LogP contribution is -2.39. The maximum absolute atomic E-state index is 12.6. The third-order valence-corrected chi connectivity index (χ3v) is 4.81. The minimum absolute atomic E-state index is 0.135. The van der Waals surface area contributed by atoms with Crippen LogP contribution >= 0.6 is 0 Å². The van der Waals surface area contributed by atoms with Crippen molar-refractivity contribution in [2.24, 2.45) is 0 Å². The SMILES string of the molecule is Cc1cc(CNC(=O)N(C)Cc2ccccc2N2CCOCC2)nc(N(C)C)n1. The first kappa shape index (κ1) is 20.9.